The number of anilines is 1. The number of hydrogen-bond donors (Lipinski definition) is 2. The first-order valence-corrected chi connectivity index (χ1v) is 4.52. The first-order valence-electron chi connectivity index (χ1n) is 3.70. The maximum absolute atomic E-state index is 11.2. The standard InChI is InChI=1S/C9H7Cl2NO2/c10-5-6(11)9(14)12-7-3-1-2-4-8(7)13/h1-5,13H,(H,12,14)/b6-5+. The Morgan fingerprint density at radius 2 is 2.07 bits per heavy atom. The highest BCUT2D eigenvalue weighted by Gasteiger charge is 2.08. The fraction of sp³-hybridized carbons (Fsp3) is 0. The zero-order valence-electron chi connectivity index (χ0n) is 7.00. The molecule has 5 heteroatoms. The van der Waals surface area contributed by atoms with Crippen LogP contribution in [0, 0.1) is 0 Å². The fourth-order valence-corrected chi connectivity index (χ4v) is 0.957. The number of amides is 1. The van der Waals surface area contributed by atoms with Crippen LogP contribution in [-0.4, -0.2) is 11.0 Å². The van der Waals surface area contributed by atoms with Gasteiger partial charge in [-0.25, -0.2) is 0 Å². The predicted molar refractivity (Wildman–Crippen MR) is 56.5 cm³/mol. The van der Waals surface area contributed by atoms with E-state index in [4.69, 9.17) is 23.2 Å². The average Bonchev–Trinajstić information content (AvgIpc) is 2.20. The maximum Gasteiger partial charge on any atom is 0.268 e. The van der Waals surface area contributed by atoms with Crippen molar-refractivity contribution in [1.82, 2.24) is 0 Å². The van der Waals surface area contributed by atoms with Gasteiger partial charge < -0.3 is 10.4 Å². The van der Waals surface area contributed by atoms with E-state index in [1.807, 2.05) is 0 Å². The van der Waals surface area contributed by atoms with Gasteiger partial charge in [-0.15, -0.1) is 0 Å². The first-order chi connectivity index (χ1) is 6.65. The lowest BCUT2D eigenvalue weighted by Gasteiger charge is -2.05. The zero-order chi connectivity index (χ0) is 10.6. The molecule has 1 rings (SSSR count). The van der Waals surface area contributed by atoms with Gasteiger partial charge in [0.1, 0.15) is 10.8 Å². The van der Waals surface area contributed by atoms with Crippen molar-refractivity contribution in [1.29, 1.82) is 0 Å². The molecule has 0 bridgehead atoms. The third-order valence-electron chi connectivity index (χ3n) is 1.46. The molecular weight excluding hydrogens is 225 g/mol. The molecule has 14 heavy (non-hydrogen) atoms. The largest absolute Gasteiger partial charge is 0.506 e. The monoisotopic (exact) mass is 231 g/mol. The summed E-state index contributed by atoms with van der Waals surface area (Å²) in [7, 11) is 0. The lowest BCUT2D eigenvalue weighted by atomic mass is 10.3. The molecule has 1 amide bonds. The summed E-state index contributed by atoms with van der Waals surface area (Å²) in [6, 6.07) is 6.32. The molecule has 0 aromatic heterocycles. The highest BCUT2D eigenvalue weighted by molar-refractivity contribution is 6.47. The van der Waals surface area contributed by atoms with E-state index in [9.17, 15) is 9.90 Å². The summed E-state index contributed by atoms with van der Waals surface area (Å²) in [5.74, 6) is -0.594. The van der Waals surface area contributed by atoms with Crippen LogP contribution in [-0.2, 0) is 4.79 Å². The van der Waals surface area contributed by atoms with Gasteiger partial charge >= 0.3 is 0 Å². The average molecular weight is 232 g/mol. The number of aromatic hydroxyl groups is 1. The first kappa shape index (κ1) is 10.9. The minimum absolute atomic E-state index is 0.0279. The van der Waals surface area contributed by atoms with Crippen molar-refractivity contribution in [3.63, 3.8) is 0 Å². The normalized spacial score (nSPS) is 11.1. The number of benzene rings is 1. The molecule has 74 valence electrons. The number of rotatable bonds is 2. The summed E-state index contributed by atoms with van der Waals surface area (Å²) in [6.07, 6.45) is 0. The van der Waals surface area contributed by atoms with Gasteiger partial charge in [0.25, 0.3) is 5.91 Å². The number of hydrogen-bond acceptors (Lipinski definition) is 2. The molecule has 0 aliphatic rings. The van der Waals surface area contributed by atoms with Crippen molar-refractivity contribution in [3.8, 4) is 5.75 Å². The molecule has 3 nitrogen and oxygen atoms in total. The maximum atomic E-state index is 11.2. The molecular formula is C9H7Cl2NO2. The van der Waals surface area contributed by atoms with Crippen LogP contribution in [0.25, 0.3) is 0 Å². The predicted octanol–water partition coefficient (Wildman–Crippen LogP) is 2.65. The van der Waals surface area contributed by atoms with E-state index in [2.05, 4.69) is 5.32 Å². The number of para-hydroxylation sites is 2. The van der Waals surface area contributed by atoms with Crippen molar-refractivity contribution < 1.29 is 9.90 Å². The minimum atomic E-state index is -0.567. The van der Waals surface area contributed by atoms with Crippen LogP contribution in [0.3, 0.4) is 0 Å². The molecule has 0 aliphatic carbocycles. The molecule has 0 unspecified atom stereocenters. The van der Waals surface area contributed by atoms with Gasteiger partial charge in [-0.1, -0.05) is 35.3 Å². The molecule has 0 fully saturated rings. The van der Waals surface area contributed by atoms with E-state index in [1.54, 1.807) is 18.2 Å². The Bertz CT molecular complexity index is 377. The van der Waals surface area contributed by atoms with Gasteiger partial charge in [-0.3, -0.25) is 4.79 Å². The lowest BCUT2D eigenvalue weighted by molar-refractivity contribution is -0.112. The Hall–Kier alpha value is -1.19. The van der Waals surface area contributed by atoms with Crippen LogP contribution < -0.4 is 5.32 Å². The van der Waals surface area contributed by atoms with Gasteiger partial charge in [-0.2, -0.15) is 0 Å². The van der Waals surface area contributed by atoms with Crippen LogP contribution >= 0.6 is 23.2 Å². The Balaban J connectivity index is 2.80. The van der Waals surface area contributed by atoms with E-state index in [1.165, 1.54) is 6.07 Å². The van der Waals surface area contributed by atoms with Crippen LogP contribution in [0.4, 0.5) is 5.69 Å². The second-order valence-corrected chi connectivity index (χ2v) is 3.05. The third kappa shape index (κ3) is 2.65. The number of halogens is 2. The van der Waals surface area contributed by atoms with Crippen LogP contribution in [0.15, 0.2) is 34.8 Å². The van der Waals surface area contributed by atoms with Gasteiger partial charge in [0.05, 0.1) is 5.69 Å². The lowest BCUT2D eigenvalue weighted by Crippen LogP contribution is -2.11. The van der Waals surface area contributed by atoms with Crippen molar-refractivity contribution in [2.45, 2.75) is 0 Å². The quantitative estimate of drug-likeness (QED) is 0.608. The highest BCUT2D eigenvalue weighted by Crippen LogP contribution is 2.22. The molecule has 0 spiro atoms. The molecule has 0 atom stereocenters. The van der Waals surface area contributed by atoms with E-state index in [0.717, 1.165) is 5.54 Å². The number of nitrogens with one attached hydrogen (secondary N) is 1. The second kappa shape index (κ2) is 4.88. The van der Waals surface area contributed by atoms with Crippen molar-refractivity contribution in [3.05, 3.63) is 34.8 Å². The molecule has 0 aliphatic heterocycles. The SMILES string of the molecule is O=C(Nc1ccccc1O)/C(Cl)=C\Cl. The van der Waals surface area contributed by atoms with Gasteiger partial charge in [0.15, 0.2) is 0 Å². The second-order valence-electron chi connectivity index (χ2n) is 2.43. The molecule has 1 aromatic carbocycles. The van der Waals surface area contributed by atoms with E-state index < -0.39 is 5.91 Å². The van der Waals surface area contributed by atoms with E-state index in [-0.39, 0.29) is 16.5 Å². The molecule has 0 saturated heterocycles. The van der Waals surface area contributed by atoms with E-state index in [0.29, 0.717) is 0 Å². The minimum Gasteiger partial charge on any atom is -0.506 e. The number of carbonyl (C=O) groups excluding carboxylic acids is 1. The van der Waals surface area contributed by atoms with Crippen molar-refractivity contribution >= 4 is 34.8 Å². The molecule has 1 aromatic rings. The molecule has 0 saturated carbocycles. The third-order valence-corrected chi connectivity index (χ3v) is 2.08. The zero-order valence-corrected chi connectivity index (χ0v) is 8.51. The summed E-state index contributed by atoms with van der Waals surface area (Å²) in [6.45, 7) is 0. The summed E-state index contributed by atoms with van der Waals surface area (Å²) in [5, 5.41) is 11.5. The Morgan fingerprint density at radius 3 is 2.64 bits per heavy atom. The Morgan fingerprint density at radius 1 is 1.43 bits per heavy atom. The van der Waals surface area contributed by atoms with Crippen molar-refractivity contribution in [2.75, 3.05) is 5.32 Å². The summed E-state index contributed by atoms with van der Waals surface area (Å²) < 4.78 is 0. The number of carbonyl (C=O) groups is 1. The smallest absolute Gasteiger partial charge is 0.268 e. The Labute approximate surface area is 90.9 Å². The Kier molecular flexibility index (Phi) is 3.80. The fourth-order valence-electron chi connectivity index (χ4n) is 0.811. The number of phenolic OH excluding ortho intramolecular Hbond substituents is 1. The van der Waals surface area contributed by atoms with Crippen LogP contribution in [0.2, 0.25) is 0 Å². The van der Waals surface area contributed by atoms with Crippen LogP contribution in [0.5, 0.6) is 5.75 Å². The highest BCUT2D eigenvalue weighted by atomic mass is 35.5. The van der Waals surface area contributed by atoms with Crippen LogP contribution in [0.1, 0.15) is 0 Å². The summed E-state index contributed by atoms with van der Waals surface area (Å²) in [4.78, 5) is 11.2. The van der Waals surface area contributed by atoms with Gasteiger partial charge in [0, 0.05) is 5.54 Å². The van der Waals surface area contributed by atoms with E-state index >= 15 is 0 Å². The topological polar surface area (TPSA) is 49.3 Å². The van der Waals surface area contributed by atoms with Crippen molar-refractivity contribution in [2.24, 2.45) is 0 Å². The summed E-state index contributed by atoms with van der Waals surface area (Å²) in [5.41, 5.74) is 1.24. The van der Waals surface area contributed by atoms with Gasteiger partial charge in [0.2, 0.25) is 0 Å². The summed E-state index contributed by atoms with van der Waals surface area (Å²) >= 11 is 10.7. The molecule has 2 N–H and O–H groups in total. The number of phenols is 1. The van der Waals surface area contributed by atoms with Gasteiger partial charge in [-0.05, 0) is 12.1 Å². The molecule has 0 heterocycles. The molecule has 0 radical (unpaired) electrons.